The minimum absolute atomic E-state index is 0.0718. The molecule has 0 spiro atoms. The molecule has 106 valence electrons. The van der Waals surface area contributed by atoms with Gasteiger partial charge in [0.2, 0.25) is 0 Å². The fourth-order valence-corrected chi connectivity index (χ4v) is 3.27. The van der Waals surface area contributed by atoms with E-state index in [0.29, 0.717) is 23.2 Å². The van der Waals surface area contributed by atoms with E-state index < -0.39 is 0 Å². The number of rotatable bonds is 2. The van der Waals surface area contributed by atoms with Crippen LogP contribution in [0.3, 0.4) is 0 Å². The fraction of sp³-hybridized carbons (Fsp3) is 0.583. The summed E-state index contributed by atoms with van der Waals surface area (Å²) in [5, 5.41) is 9.68. The number of nitrogens with zero attached hydrogens (tertiary/aromatic N) is 3. The Bertz CT molecular complexity index is 722. The molecule has 0 aromatic carbocycles. The van der Waals surface area contributed by atoms with Gasteiger partial charge in [0.15, 0.2) is 5.65 Å². The van der Waals surface area contributed by atoms with E-state index in [9.17, 15) is 4.79 Å². The first-order chi connectivity index (χ1) is 9.65. The molecule has 1 aliphatic carbocycles. The maximum atomic E-state index is 11.5. The second-order valence-electron chi connectivity index (χ2n) is 5.45. The van der Waals surface area contributed by atoms with E-state index in [-0.39, 0.29) is 23.9 Å². The number of aryl methyl sites for hydroxylation is 1. The SMILES string of the molecule is Cc1nc(NC2C(N)C3CCOC32)cc2n[nH]c(=O)n12. The highest BCUT2D eigenvalue weighted by atomic mass is 16.5. The molecule has 2 aromatic rings. The van der Waals surface area contributed by atoms with Crippen molar-refractivity contribution >= 4 is 11.5 Å². The number of nitrogens with two attached hydrogens (primary N) is 1. The van der Waals surface area contributed by atoms with Crippen LogP contribution >= 0.6 is 0 Å². The third-order valence-corrected chi connectivity index (χ3v) is 4.33. The van der Waals surface area contributed by atoms with Crippen LogP contribution in [0.15, 0.2) is 10.9 Å². The van der Waals surface area contributed by atoms with Crippen LogP contribution in [0.2, 0.25) is 0 Å². The Morgan fingerprint density at radius 2 is 2.45 bits per heavy atom. The zero-order valence-corrected chi connectivity index (χ0v) is 11.0. The average Bonchev–Trinajstić information content (AvgIpc) is 3.01. The van der Waals surface area contributed by atoms with Gasteiger partial charge in [-0.2, -0.15) is 5.10 Å². The quantitative estimate of drug-likeness (QED) is 0.666. The van der Waals surface area contributed by atoms with Crippen molar-refractivity contribution in [3.05, 3.63) is 22.4 Å². The maximum Gasteiger partial charge on any atom is 0.349 e. The van der Waals surface area contributed by atoms with Gasteiger partial charge in [-0.3, -0.25) is 0 Å². The maximum absolute atomic E-state index is 11.5. The highest BCUT2D eigenvalue weighted by Gasteiger charge is 2.52. The molecule has 1 saturated heterocycles. The standard InChI is InChI=1S/C12H16N6O2/c1-5-14-7(4-8-16-17-12(19)18(5)8)15-10-9(13)6-2-3-20-11(6)10/h4,6,9-11,15H,2-3,13H2,1H3,(H,17,19). The van der Waals surface area contributed by atoms with E-state index in [1.165, 1.54) is 4.40 Å². The molecule has 0 bridgehead atoms. The van der Waals surface area contributed by atoms with Crippen LogP contribution in [-0.4, -0.2) is 44.4 Å². The van der Waals surface area contributed by atoms with Crippen molar-refractivity contribution in [3.63, 3.8) is 0 Å². The lowest BCUT2D eigenvalue weighted by molar-refractivity contribution is 0.00523. The number of aromatic nitrogens is 4. The van der Waals surface area contributed by atoms with Crippen molar-refractivity contribution in [3.8, 4) is 0 Å². The van der Waals surface area contributed by atoms with Gasteiger partial charge in [0.1, 0.15) is 11.6 Å². The Hall–Kier alpha value is -1.93. The second kappa shape index (κ2) is 4.03. The minimum Gasteiger partial charge on any atom is -0.376 e. The number of H-pyrrole nitrogens is 1. The highest BCUT2D eigenvalue weighted by molar-refractivity contribution is 5.51. The Labute approximate surface area is 114 Å². The molecule has 4 atom stereocenters. The molecule has 0 radical (unpaired) electrons. The molecule has 1 saturated carbocycles. The van der Waals surface area contributed by atoms with E-state index >= 15 is 0 Å². The van der Waals surface area contributed by atoms with Crippen molar-refractivity contribution in [2.75, 3.05) is 11.9 Å². The molecule has 0 amide bonds. The predicted octanol–water partition coefficient (Wildman–Crippen LogP) is -0.747. The lowest BCUT2D eigenvalue weighted by Gasteiger charge is -2.45. The summed E-state index contributed by atoms with van der Waals surface area (Å²) >= 11 is 0. The molecule has 4 N–H and O–H groups in total. The Kier molecular flexibility index (Phi) is 2.39. The monoisotopic (exact) mass is 276 g/mol. The van der Waals surface area contributed by atoms with Gasteiger partial charge in [-0.1, -0.05) is 0 Å². The summed E-state index contributed by atoms with van der Waals surface area (Å²) < 4.78 is 7.11. The third-order valence-electron chi connectivity index (χ3n) is 4.33. The summed E-state index contributed by atoms with van der Waals surface area (Å²) in [6, 6.07) is 1.89. The Balaban J connectivity index is 1.65. The summed E-state index contributed by atoms with van der Waals surface area (Å²) in [5.41, 5.74) is 6.43. The summed E-state index contributed by atoms with van der Waals surface area (Å²) in [6.45, 7) is 2.55. The van der Waals surface area contributed by atoms with Gasteiger partial charge in [-0.05, 0) is 13.3 Å². The van der Waals surface area contributed by atoms with Gasteiger partial charge < -0.3 is 15.8 Å². The first kappa shape index (κ1) is 11.9. The van der Waals surface area contributed by atoms with Crippen molar-refractivity contribution in [1.82, 2.24) is 19.6 Å². The summed E-state index contributed by atoms with van der Waals surface area (Å²) in [6.07, 6.45) is 1.20. The van der Waals surface area contributed by atoms with Crippen LogP contribution in [0.1, 0.15) is 12.2 Å². The van der Waals surface area contributed by atoms with Crippen LogP contribution < -0.4 is 16.7 Å². The zero-order chi connectivity index (χ0) is 13.9. The number of hydrogen-bond acceptors (Lipinski definition) is 6. The van der Waals surface area contributed by atoms with E-state index in [1.54, 1.807) is 13.0 Å². The first-order valence-corrected chi connectivity index (χ1v) is 6.73. The van der Waals surface area contributed by atoms with Crippen molar-refractivity contribution in [2.45, 2.75) is 31.5 Å². The van der Waals surface area contributed by atoms with Crippen molar-refractivity contribution in [2.24, 2.45) is 11.7 Å². The number of aromatic amines is 1. The van der Waals surface area contributed by atoms with Gasteiger partial charge >= 0.3 is 5.69 Å². The lowest BCUT2D eigenvalue weighted by atomic mass is 9.72. The van der Waals surface area contributed by atoms with Gasteiger partial charge in [0.25, 0.3) is 0 Å². The van der Waals surface area contributed by atoms with Crippen LogP contribution in [-0.2, 0) is 4.74 Å². The van der Waals surface area contributed by atoms with Crippen LogP contribution in [0.25, 0.3) is 5.65 Å². The Morgan fingerprint density at radius 3 is 3.30 bits per heavy atom. The van der Waals surface area contributed by atoms with Gasteiger partial charge in [0, 0.05) is 24.6 Å². The lowest BCUT2D eigenvalue weighted by Crippen LogP contribution is -2.65. The fourth-order valence-electron chi connectivity index (χ4n) is 3.27. The highest BCUT2D eigenvalue weighted by Crippen LogP contribution is 2.39. The molecule has 2 aromatic heterocycles. The smallest absolute Gasteiger partial charge is 0.349 e. The van der Waals surface area contributed by atoms with E-state index in [2.05, 4.69) is 20.5 Å². The van der Waals surface area contributed by atoms with Gasteiger partial charge in [0.05, 0.1) is 12.1 Å². The number of ether oxygens (including phenoxy) is 1. The number of nitrogens with one attached hydrogen (secondary N) is 2. The number of hydrogen-bond donors (Lipinski definition) is 3. The average molecular weight is 276 g/mol. The molecule has 20 heavy (non-hydrogen) atoms. The molecule has 4 rings (SSSR count). The minimum atomic E-state index is -0.281. The van der Waals surface area contributed by atoms with Crippen molar-refractivity contribution in [1.29, 1.82) is 0 Å². The topological polar surface area (TPSA) is 110 Å². The normalized spacial score (nSPS) is 32.1. The molecular weight excluding hydrogens is 260 g/mol. The van der Waals surface area contributed by atoms with E-state index in [0.717, 1.165) is 13.0 Å². The number of fused-ring (bicyclic) bond motifs is 2. The summed E-state index contributed by atoms with van der Waals surface area (Å²) in [5.74, 6) is 1.70. The summed E-state index contributed by atoms with van der Waals surface area (Å²) in [4.78, 5) is 15.9. The molecule has 8 nitrogen and oxygen atoms in total. The zero-order valence-electron chi connectivity index (χ0n) is 11.0. The Morgan fingerprint density at radius 1 is 1.60 bits per heavy atom. The third kappa shape index (κ3) is 1.52. The van der Waals surface area contributed by atoms with Crippen LogP contribution in [0.5, 0.6) is 0 Å². The van der Waals surface area contributed by atoms with Gasteiger partial charge in [-0.15, -0.1) is 0 Å². The molecule has 8 heteroatoms. The van der Waals surface area contributed by atoms with Crippen molar-refractivity contribution < 1.29 is 4.74 Å². The molecule has 4 unspecified atom stereocenters. The van der Waals surface area contributed by atoms with Gasteiger partial charge in [-0.25, -0.2) is 19.3 Å². The second-order valence-corrected chi connectivity index (χ2v) is 5.45. The largest absolute Gasteiger partial charge is 0.376 e. The number of anilines is 1. The van der Waals surface area contributed by atoms with Crippen LogP contribution in [0.4, 0.5) is 5.82 Å². The molecule has 2 fully saturated rings. The van der Waals surface area contributed by atoms with E-state index in [4.69, 9.17) is 10.5 Å². The summed E-state index contributed by atoms with van der Waals surface area (Å²) in [7, 11) is 0. The van der Waals surface area contributed by atoms with E-state index in [1.807, 2.05) is 0 Å². The molecule has 2 aliphatic rings. The first-order valence-electron chi connectivity index (χ1n) is 6.73. The predicted molar refractivity (Wildman–Crippen MR) is 71.6 cm³/mol. The van der Waals surface area contributed by atoms with Crippen LogP contribution in [0, 0.1) is 12.8 Å². The molecular formula is C12H16N6O2. The molecule has 1 aliphatic heterocycles. The molecule has 3 heterocycles.